The lowest BCUT2D eigenvalue weighted by Crippen LogP contribution is -2.38. The van der Waals surface area contributed by atoms with Crippen molar-refractivity contribution < 1.29 is 23.8 Å². The number of carbonyl (C=O) groups is 2. The van der Waals surface area contributed by atoms with E-state index < -0.39 is 17.4 Å². The van der Waals surface area contributed by atoms with Crippen molar-refractivity contribution in [2.75, 3.05) is 12.4 Å². The van der Waals surface area contributed by atoms with E-state index in [1.54, 1.807) is 13.8 Å². The average Bonchev–Trinajstić information content (AvgIpc) is 2.39. The summed E-state index contributed by atoms with van der Waals surface area (Å²) < 4.78 is 18.5. The molecule has 0 aliphatic carbocycles. The molecule has 0 saturated carbocycles. The van der Waals surface area contributed by atoms with E-state index in [2.05, 4.69) is 5.32 Å². The summed E-state index contributed by atoms with van der Waals surface area (Å²) in [5.41, 5.74) is -0.599. The Kier molecular flexibility index (Phi) is 4.99. The van der Waals surface area contributed by atoms with Gasteiger partial charge >= 0.3 is 5.97 Å². The first kappa shape index (κ1) is 15.8. The second kappa shape index (κ2) is 6.29. The zero-order valence-corrected chi connectivity index (χ0v) is 11.4. The minimum absolute atomic E-state index is 0.0698. The van der Waals surface area contributed by atoms with Crippen LogP contribution in [-0.2, 0) is 14.3 Å². The predicted octanol–water partition coefficient (Wildman–Crippen LogP) is 2.29. The Morgan fingerprint density at radius 1 is 1.40 bits per heavy atom. The number of ether oxygens (including phenoxy) is 1. The molecule has 0 radical (unpaired) electrons. The van der Waals surface area contributed by atoms with Crippen LogP contribution in [0, 0.1) is 5.82 Å². The maximum absolute atomic E-state index is 13.5. The first-order valence-corrected chi connectivity index (χ1v) is 5.83. The normalized spacial score (nSPS) is 11.6. The van der Waals surface area contributed by atoms with E-state index in [0.717, 1.165) is 18.2 Å². The molecular formula is C14H16FNO4. The molecule has 0 aliphatic heterocycles. The van der Waals surface area contributed by atoms with Crippen LogP contribution in [0.1, 0.15) is 19.4 Å². The van der Waals surface area contributed by atoms with Gasteiger partial charge in [0, 0.05) is 24.4 Å². The van der Waals surface area contributed by atoms with Gasteiger partial charge in [0.15, 0.2) is 0 Å². The maximum Gasteiger partial charge on any atom is 0.328 e. The monoisotopic (exact) mass is 281 g/mol. The Labute approximate surface area is 116 Å². The lowest BCUT2D eigenvalue weighted by atomic mass is 10.1. The number of rotatable bonds is 5. The molecule has 2 N–H and O–H groups in total. The summed E-state index contributed by atoms with van der Waals surface area (Å²) in [6, 6.07) is 3.88. The maximum atomic E-state index is 13.5. The number of carboxylic acids is 1. The summed E-state index contributed by atoms with van der Waals surface area (Å²) in [6.07, 6.45) is 1.94. The average molecular weight is 281 g/mol. The zero-order valence-electron chi connectivity index (χ0n) is 11.4. The molecule has 0 unspecified atom stereocenters. The van der Waals surface area contributed by atoms with Crippen LogP contribution in [0.25, 0.3) is 6.08 Å². The molecule has 0 spiro atoms. The van der Waals surface area contributed by atoms with Gasteiger partial charge in [-0.05, 0) is 38.1 Å². The van der Waals surface area contributed by atoms with Gasteiger partial charge in [-0.25, -0.2) is 9.18 Å². The van der Waals surface area contributed by atoms with Gasteiger partial charge < -0.3 is 15.2 Å². The topological polar surface area (TPSA) is 75.6 Å². The molecule has 108 valence electrons. The van der Waals surface area contributed by atoms with Crippen LogP contribution in [0.2, 0.25) is 0 Å². The van der Waals surface area contributed by atoms with Gasteiger partial charge in [0.1, 0.15) is 11.4 Å². The fourth-order valence-electron chi connectivity index (χ4n) is 1.28. The minimum Gasteiger partial charge on any atom is -0.478 e. The Balaban J connectivity index is 2.96. The van der Waals surface area contributed by atoms with Crippen molar-refractivity contribution in [1.29, 1.82) is 0 Å². The summed E-state index contributed by atoms with van der Waals surface area (Å²) in [4.78, 5) is 22.3. The van der Waals surface area contributed by atoms with Gasteiger partial charge in [-0.3, -0.25) is 4.79 Å². The van der Waals surface area contributed by atoms with Gasteiger partial charge in [-0.15, -0.1) is 0 Å². The number of carboxylic acid groups (broad SMARTS) is 1. The molecule has 1 rings (SSSR count). The highest BCUT2D eigenvalue weighted by atomic mass is 19.1. The SMILES string of the molecule is COC(C)(C)C(=O)Nc1ccc(F)c(/C=C/C(=O)O)c1. The van der Waals surface area contributed by atoms with Crippen LogP contribution < -0.4 is 5.32 Å². The summed E-state index contributed by atoms with van der Waals surface area (Å²) >= 11 is 0. The number of hydrogen-bond acceptors (Lipinski definition) is 3. The molecule has 0 aliphatic rings. The van der Waals surface area contributed by atoms with Crippen molar-refractivity contribution in [2.45, 2.75) is 19.4 Å². The van der Waals surface area contributed by atoms with Gasteiger partial charge in [0.25, 0.3) is 5.91 Å². The van der Waals surface area contributed by atoms with E-state index in [-0.39, 0.29) is 11.5 Å². The van der Waals surface area contributed by atoms with Crippen molar-refractivity contribution in [2.24, 2.45) is 0 Å². The second-order valence-electron chi connectivity index (χ2n) is 4.58. The molecule has 5 nitrogen and oxygen atoms in total. The molecule has 0 aromatic heterocycles. The third kappa shape index (κ3) is 4.17. The highest BCUT2D eigenvalue weighted by molar-refractivity contribution is 5.97. The fraction of sp³-hybridized carbons (Fsp3) is 0.286. The van der Waals surface area contributed by atoms with Gasteiger partial charge in [0.2, 0.25) is 0 Å². The summed E-state index contributed by atoms with van der Waals surface area (Å²) in [5.74, 6) is -2.15. The standard InChI is InChI=1S/C14H16FNO4/c1-14(2,20-3)13(19)16-10-5-6-11(15)9(8-10)4-7-12(17)18/h4-8H,1-3H3,(H,16,19)(H,17,18)/b7-4+. The number of aliphatic carboxylic acids is 1. The highest BCUT2D eigenvalue weighted by Crippen LogP contribution is 2.18. The molecule has 0 bridgehead atoms. The van der Waals surface area contributed by atoms with Crippen LogP contribution in [0.3, 0.4) is 0 Å². The molecule has 0 saturated heterocycles. The first-order valence-electron chi connectivity index (χ1n) is 5.83. The zero-order chi connectivity index (χ0) is 15.3. The van der Waals surface area contributed by atoms with E-state index in [1.165, 1.54) is 19.2 Å². The van der Waals surface area contributed by atoms with Crippen LogP contribution in [-0.4, -0.2) is 29.7 Å². The number of benzene rings is 1. The molecule has 0 atom stereocenters. The van der Waals surface area contributed by atoms with Crippen molar-refractivity contribution in [3.8, 4) is 0 Å². The molecule has 20 heavy (non-hydrogen) atoms. The summed E-state index contributed by atoms with van der Waals surface area (Å²) in [6.45, 7) is 3.19. The van der Waals surface area contributed by atoms with E-state index in [9.17, 15) is 14.0 Å². The van der Waals surface area contributed by atoms with E-state index in [0.29, 0.717) is 5.69 Å². The number of amides is 1. The van der Waals surface area contributed by atoms with Crippen LogP contribution >= 0.6 is 0 Å². The second-order valence-corrected chi connectivity index (χ2v) is 4.58. The summed E-state index contributed by atoms with van der Waals surface area (Å²) in [5, 5.41) is 11.1. The number of methoxy groups -OCH3 is 1. The van der Waals surface area contributed by atoms with Crippen LogP contribution in [0.15, 0.2) is 24.3 Å². The Morgan fingerprint density at radius 3 is 2.60 bits per heavy atom. The van der Waals surface area contributed by atoms with Crippen LogP contribution in [0.5, 0.6) is 0 Å². The van der Waals surface area contributed by atoms with Crippen molar-refractivity contribution in [3.05, 3.63) is 35.7 Å². The molecule has 1 aromatic carbocycles. The van der Waals surface area contributed by atoms with E-state index in [1.807, 2.05) is 0 Å². The van der Waals surface area contributed by atoms with Gasteiger partial charge in [0.05, 0.1) is 0 Å². The lowest BCUT2D eigenvalue weighted by molar-refractivity contribution is -0.133. The third-order valence-corrected chi connectivity index (χ3v) is 2.72. The minimum atomic E-state index is -1.18. The largest absolute Gasteiger partial charge is 0.478 e. The summed E-state index contributed by atoms with van der Waals surface area (Å²) in [7, 11) is 1.41. The number of halogens is 1. The molecule has 1 aromatic rings. The van der Waals surface area contributed by atoms with Gasteiger partial charge in [-0.2, -0.15) is 0 Å². The predicted molar refractivity (Wildman–Crippen MR) is 72.8 cm³/mol. The number of carbonyl (C=O) groups excluding carboxylic acids is 1. The first-order chi connectivity index (χ1) is 9.26. The number of hydrogen-bond donors (Lipinski definition) is 2. The third-order valence-electron chi connectivity index (χ3n) is 2.72. The molecule has 0 fully saturated rings. The van der Waals surface area contributed by atoms with E-state index in [4.69, 9.17) is 9.84 Å². The molecular weight excluding hydrogens is 265 g/mol. The Hall–Kier alpha value is -2.21. The Morgan fingerprint density at radius 2 is 2.05 bits per heavy atom. The quantitative estimate of drug-likeness (QED) is 0.812. The Bertz CT molecular complexity index is 552. The highest BCUT2D eigenvalue weighted by Gasteiger charge is 2.26. The number of nitrogens with one attached hydrogen (secondary N) is 1. The van der Waals surface area contributed by atoms with Crippen LogP contribution in [0.4, 0.5) is 10.1 Å². The fourth-order valence-corrected chi connectivity index (χ4v) is 1.28. The molecule has 6 heteroatoms. The lowest BCUT2D eigenvalue weighted by Gasteiger charge is -2.21. The molecule has 1 amide bonds. The van der Waals surface area contributed by atoms with Crippen molar-refractivity contribution in [3.63, 3.8) is 0 Å². The smallest absolute Gasteiger partial charge is 0.328 e. The van der Waals surface area contributed by atoms with E-state index >= 15 is 0 Å². The molecule has 0 heterocycles. The van der Waals surface area contributed by atoms with Gasteiger partial charge in [-0.1, -0.05) is 0 Å². The van der Waals surface area contributed by atoms with Crippen molar-refractivity contribution in [1.82, 2.24) is 0 Å². The number of anilines is 1. The van der Waals surface area contributed by atoms with Crippen molar-refractivity contribution >= 4 is 23.6 Å².